The Labute approximate surface area is 372 Å². The fraction of sp³-hybridized carbons (Fsp3) is 0.0492. The van der Waals surface area contributed by atoms with E-state index >= 15 is 0 Å². The Balaban J connectivity index is 0.943. The van der Waals surface area contributed by atoms with Crippen LogP contribution in [0.5, 0.6) is 23.0 Å². The zero-order valence-electron chi connectivity index (χ0n) is 35.0. The summed E-state index contributed by atoms with van der Waals surface area (Å²) in [5.74, 6) is 2.77. The van der Waals surface area contributed by atoms with Crippen LogP contribution in [-0.2, 0) is 10.8 Å². The molecule has 0 radical (unpaired) electrons. The van der Waals surface area contributed by atoms with Crippen LogP contribution in [0.1, 0.15) is 51.4 Å². The van der Waals surface area contributed by atoms with E-state index in [1.165, 1.54) is 77.9 Å². The van der Waals surface area contributed by atoms with Gasteiger partial charge in [0.15, 0.2) is 23.0 Å². The molecule has 0 unspecified atom stereocenters. The second kappa shape index (κ2) is 12.9. The number of ether oxygens (including phenoxy) is 2. The molecular formula is C61H39NO2. The van der Waals surface area contributed by atoms with Crippen molar-refractivity contribution in [3.8, 4) is 56.4 Å². The van der Waals surface area contributed by atoms with Crippen LogP contribution in [-0.4, -0.2) is 0 Å². The maximum absolute atomic E-state index is 7.20. The van der Waals surface area contributed by atoms with E-state index < -0.39 is 10.8 Å². The second-order valence-corrected chi connectivity index (χ2v) is 17.4. The summed E-state index contributed by atoms with van der Waals surface area (Å²) >= 11 is 0. The minimum Gasteiger partial charge on any atom is -0.449 e. The average Bonchev–Trinajstić information content (AvgIpc) is 4.03. The first kappa shape index (κ1) is 35.5. The summed E-state index contributed by atoms with van der Waals surface area (Å²) in [6.07, 6.45) is 6.85. The van der Waals surface area contributed by atoms with Gasteiger partial charge in [0, 0.05) is 11.4 Å². The maximum Gasteiger partial charge on any atom is 0.194 e. The van der Waals surface area contributed by atoms with Crippen molar-refractivity contribution in [2.45, 2.75) is 17.8 Å². The lowest BCUT2D eigenvalue weighted by atomic mass is 9.69. The largest absolute Gasteiger partial charge is 0.449 e. The molecule has 0 saturated heterocycles. The molecule has 0 N–H and O–H groups in total. The first-order valence-corrected chi connectivity index (χ1v) is 22.2. The first-order chi connectivity index (χ1) is 31.7. The minimum atomic E-state index is -0.476. The van der Waals surface area contributed by atoms with Crippen molar-refractivity contribution in [2.24, 2.45) is 0 Å². The average molecular weight is 818 g/mol. The Hall–Kier alpha value is -8.14. The zero-order valence-corrected chi connectivity index (χ0v) is 35.0. The van der Waals surface area contributed by atoms with Gasteiger partial charge < -0.3 is 14.4 Å². The number of benzene rings is 9. The van der Waals surface area contributed by atoms with E-state index in [4.69, 9.17) is 9.47 Å². The molecule has 0 fully saturated rings. The smallest absolute Gasteiger partial charge is 0.194 e. The molecule has 9 aromatic rings. The Morgan fingerprint density at radius 2 is 0.922 bits per heavy atom. The molecule has 0 bridgehead atoms. The molecule has 9 aromatic carbocycles. The second-order valence-electron chi connectivity index (χ2n) is 17.4. The van der Waals surface area contributed by atoms with E-state index in [2.05, 4.69) is 224 Å². The van der Waals surface area contributed by atoms with Gasteiger partial charge in [-0.1, -0.05) is 164 Å². The standard InChI is InChI=1S/C61H39NO2/c1-2-17-39-34-38-32-33-41(35-53(38)60(39)48-25-11-6-20-42(48)43-21-7-12-26-49(43)60)62(40-18-4-3-5-19-40)55-30-16-31-56-59(55)64-57-36-47-46-24-10-15-29-52(46)61(54(47)37-58(57)63-56)50-27-13-8-22-44(50)45-23-9-14-28-51(45)61/h2-37H,1H3/b17-2-. The highest BCUT2D eigenvalue weighted by Gasteiger charge is 2.53. The number of hydrogen-bond acceptors (Lipinski definition) is 3. The van der Waals surface area contributed by atoms with Crippen molar-refractivity contribution >= 4 is 23.1 Å². The molecule has 64 heavy (non-hydrogen) atoms. The molecule has 14 rings (SSSR count). The van der Waals surface area contributed by atoms with Crippen LogP contribution < -0.4 is 14.4 Å². The molecule has 0 aromatic heterocycles. The number of anilines is 3. The van der Waals surface area contributed by atoms with Gasteiger partial charge in [-0.3, -0.25) is 0 Å². The molecule has 0 amide bonds. The molecule has 1 heterocycles. The van der Waals surface area contributed by atoms with Crippen LogP contribution in [0.15, 0.2) is 218 Å². The molecule has 0 atom stereocenters. The summed E-state index contributed by atoms with van der Waals surface area (Å²) in [5.41, 5.74) is 21.0. The highest BCUT2D eigenvalue weighted by Crippen LogP contribution is 2.66. The summed E-state index contributed by atoms with van der Waals surface area (Å²) < 4.78 is 14.2. The predicted molar refractivity (Wildman–Crippen MR) is 259 cm³/mol. The van der Waals surface area contributed by atoms with Gasteiger partial charge in [-0.05, 0) is 145 Å². The van der Waals surface area contributed by atoms with E-state index in [1.807, 2.05) is 6.07 Å². The molecule has 2 spiro atoms. The fourth-order valence-electron chi connectivity index (χ4n) is 12.1. The quantitative estimate of drug-likeness (QED) is 0.177. The molecule has 3 nitrogen and oxygen atoms in total. The van der Waals surface area contributed by atoms with Gasteiger partial charge >= 0.3 is 0 Å². The lowest BCUT2D eigenvalue weighted by molar-refractivity contribution is 0.360. The number of allylic oxidation sites excluding steroid dienone is 3. The third-order valence-corrected chi connectivity index (χ3v) is 14.4. The van der Waals surface area contributed by atoms with Gasteiger partial charge in [0.2, 0.25) is 0 Å². The van der Waals surface area contributed by atoms with Crippen molar-refractivity contribution in [1.82, 2.24) is 0 Å². The molecular weight excluding hydrogens is 779 g/mol. The highest BCUT2D eigenvalue weighted by molar-refractivity contribution is 5.97. The SMILES string of the molecule is C/C=C\C1=Cc2ccc(N(c3ccccc3)c3cccc4c3Oc3cc5c(cc3O4)C3(c4ccccc4-c4ccccc43)c3ccccc3-5)cc2C12c1ccccc1-c1ccccc12. The van der Waals surface area contributed by atoms with Crippen molar-refractivity contribution in [2.75, 3.05) is 4.90 Å². The van der Waals surface area contributed by atoms with Gasteiger partial charge in [-0.15, -0.1) is 0 Å². The lowest BCUT2D eigenvalue weighted by Crippen LogP contribution is -2.27. The van der Waals surface area contributed by atoms with Crippen LogP contribution in [0.4, 0.5) is 17.1 Å². The number of fused-ring (bicyclic) bond motifs is 19. The molecule has 0 saturated carbocycles. The van der Waals surface area contributed by atoms with E-state index in [0.717, 1.165) is 22.6 Å². The third-order valence-electron chi connectivity index (χ3n) is 14.4. The van der Waals surface area contributed by atoms with Gasteiger partial charge in [0.25, 0.3) is 0 Å². The normalized spacial score (nSPS) is 15.2. The molecule has 4 aliphatic carbocycles. The summed E-state index contributed by atoms with van der Waals surface area (Å²) in [7, 11) is 0. The molecule has 3 heteroatoms. The predicted octanol–water partition coefficient (Wildman–Crippen LogP) is 15.7. The maximum atomic E-state index is 7.20. The zero-order chi connectivity index (χ0) is 42.1. The number of hydrogen-bond donors (Lipinski definition) is 0. The number of rotatable bonds is 4. The van der Waals surface area contributed by atoms with Crippen LogP contribution in [0.3, 0.4) is 0 Å². The van der Waals surface area contributed by atoms with Gasteiger partial charge in [-0.2, -0.15) is 0 Å². The fourth-order valence-corrected chi connectivity index (χ4v) is 12.1. The topological polar surface area (TPSA) is 21.7 Å². The molecule has 300 valence electrons. The summed E-state index contributed by atoms with van der Waals surface area (Å²) in [4.78, 5) is 2.33. The summed E-state index contributed by atoms with van der Waals surface area (Å²) in [5, 5.41) is 0. The van der Waals surface area contributed by atoms with Crippen LogP contribution in [0.25, 0.3) is 39.5 Å². The number of nitrogens with zero attached hydrogens (tertiary/aromatic N) is 1. The highest BCUT2D eigenvalue weighted by atomic mass is 16.6. The molecule has 5 aliphatic rings. The monoisotopic (exact) mass is 817 g/mol. The van der Waals surface area contributed by atoms with E-state index in [1.54, 1.807) is 0 Å². The minimum absolute atomic E-state index is 0.462. The van der Waals surface area contributed by atoms with E-state index in [0.29, 0.717) is 23.0 Å². The van der Waals surface area contributed by atoms with Crippen molar-refractivity contribution in [1.29, 1.82) is 0 Å². The summed E-state index contributed by atoms with van der Waals surface area (Å²) in [6.45, 7) is 2.11. The number of para-hydroxylation sites is 2. The van der Waals surface area contributed by atoms with E-state index in [-0.39, 0.29) is 0 Å². The Morgan fingerprint density at radius 1 is 0.391 bits per heavy atom. The van der Waals surface area contributed by atoms with Crippen molar-refractivity contribution in [3.05, 3.63) is 262 Å². The molecule has 1 aliphatic heterocycles. The van der Waals surface area contributed by atoms with Crippen LogP contribution in [0, 0.1) is 0 Å². The van der Waals surface area contributed by atoms with Gasteiger partial charge in [-0.25, -0.2) is 0 Å². The lowest BCUT2D eigenvalue weighted by Gasteiger charge is -2.34. The Kier molecular flexibility index (Phi) is 7.17. The first-order valence-electron chi connectivity index (χ1n) is 22.2. The summed E-state index contributed by atoms with van der Waals surface area (Å²) in [6, 6.07) is 72.9. The van der Waals surface area contributed by atoms with Gasteiger partial charge in [0.1, 0.15) is 0 Å². The van der Waals surface area contributed by atoms with Crippen molar-refractivity contribution in [3.63, 3.8) is 0 Å². The Bertz CT molecular complexity index is 3450. The Morgan fingerprint density at radius 3 is 1.52 bits per heavy atom. The van der Waals surface area contributed by atoms with Crippen LogP contribution >= 0.6 is 0 Å². The van der Waals surface area contributed by atoms with E-state index in [9.17, 15) is 0 Å². The van der Waals surface area contributed by atoms with Crippen molar-refractivity contribution < 1.29 is 9.47 Å². The van der Waals surface area contributed by atoms with Gasteiger partial charge in [0.05, 0.1) is 16.5 Å². The van der Waals surface area contributed by atoms with Crippen LogP contribution in [0.2, 0.25) is 0 Å². The third kappa shape index (κ3) is 4.40.